The van der Waals surface area contributed by atoms with E-state index in [-0.39, 0.29) is 0 Å². The summed E-state index contributed by atoms with van der Waals surface area (Å²) in [6.45, 7) is 4.09. The predicted octanol–water partition coefficient (Wildman–Crippen LogP) is 3.56. The van der Waals surface area contributed by atoms with Crippen molar-refractivity contribution in [2.75, 3.05) is 5.73 Å². The molecule has 0 aliphatic rings. The third kappa shape index (κ3) is 1.85. The Kier molecular flexibility index (Phi) is 3.01. The van der Waals surface area contributed by atoms with Gasteiger partial charge in [-0.2, -0.15) is 0 Å². The standard InChI is InChI=1S/C12H13BrN2O/c1-3-9-11(15-16-12(9)14)10-6-8(13)5-4-7(10)2/h4-6H,3,14H2,1-2H3. The van der Waals surface area contributed by atoms with Crippen LogP contribution in [0, 0.1) is 6.92 Å². The summed E-state index contributed by atoms with van der Waals surface area (Å²) in [6.07, 6.45) is 0.816. The van der Waals surface area contributed by atoms with Crippen molar-refractivity contribution in [1.29, 1.82) is 0 Å². The average molecular weight is 281 g/mol. The van der Waals surface area contributed by atoms with Gasteiger partial charge in [-0.1, -0.05) is 34.1 Å². The predicted molar refractivity (Wildman–Crippen MR) is 68.2 cm³/mol. The monoisotopic (exact) mass is 280 g/mol. The normalized spacial score (nSPS) is 10.7. The van der Waals surface area contributed by atoms with Crippen LogP contribution in [0.25, 0.3) is 11.3 Å². The maximum absolute atomic E-state index is 5.74. The van der Waals surface area contributed by atoms with Crippen molar-refractivity contribution >= 4 is 21.8 Å². The summed E-state index contributed by atoms with van der Waals surface area (Å²) < 4.78 is 6.07. The summed E-state index contributed by atoms with van der Waals surface area (Å²) in [5, 5.41) is 4.04. The molecule has 0 bridgehead atoms. The van der Waals surface area contributed by atoms with Crippen molar-refractivity contribution in [2.24, 2.45) is 0 Å². The summed E-state index contributed by atoms with van der Waals surface area (Å²) in [4.78, 5) is 0. The maximum atomic E-state index is 5.74. The van der Waals surface area contributed by atoms with E-state index in [4.69, 9.17) is 10.3 Å². The molecule has 0 spiro atoms. The van der Waals surface area contributed by atoms with Crippen LogP contribution in [0.15, 0.2) is 27.2 Å². The highest BCUT2D eigenvalue weighted by Gasteiger charge is 2.15. The average Bonchev–Trinajstić information content (AvgIpc) is 2.63. The molecule has 0 unspecified atom stereocenters. The Morgan fingerprint density at radius 2 is 2.19 bits per heavy atom. The Bertz CT molecular complexity index is 520. The van der Waals surface area contributed by atoms with E-state index in [1.54, 1.807) is 0 Å². The molecular formula is C12H13BrN2O. The molecular weight excluding hydrogens is 268 g/mol. The maximum Gasteiger partial charge on any atom is 0.225 e. The number of nitrogens with zero attached hydrogens (tertiary/aromatic N) is 1. The zero-order valence-corrected chi connectivity index (χ0v) is 10.8. The van der Waals surface area contributed by atoms with E-state index in [0.29, 0.717) is 5.88 Å². The van der Waals surface area contributed by atoms with Gasteiger partial charge in [-0.05, 0) is 31.0 Å². The molecule has 16 heavy (non-hydrogen) atoms. The second-order valence-corrected chi connectivity index (χ2v) is 4.60. The molecule has 0 atom stereocenters. The fourth-order valence-electron chi connectivity index (χ4n) is 1.72. The number of aryl methyl sites for hydroxylation is 1. The summed E-state index contributed by atoms with van der Waals surface area (Å²) in [6, 6.07) is 6.09. The summed E-state index contributed by atoms with van der Waals surface area (Å²) >= 11 is 3.46. The van der Waals surface area contributed by atoms with Gasteiger partial charge in [0, 0.05) is 15.6 Å². The van der Waals surface area contributed by atoms with Crippen LogP contribution in [0.5, 0.6) is 0 Å². The largest absolute Gasteiger partial charge is 0.367 e. The van der Waals surface area contributed by atoms with Crippen molar-refractivity contribution in [3.63, 3.8) is 0 Å². The second kappa shape index (κ2) is 4.29. The first-order valence-corrected chi connectivity index (χ1v) is 5.93. The van der Waals surface area contributed by atoms with Crippen LogP contribution in [-0.4, -0.2) is 5.16 Å². The van der Waals surface area contributed by atoms with Gasteiger partial charge in [0.15, 0.2) is 0 Å². The van der Waals surface area contributed by atoms with Crippen molar-refractivity contribution < 1.29 is 4.52 Å². The van der Waals surface area contributed by atoms with Crippen molar-refractivity contribution in [1.82, 2.24) is 5.16 Å². The SMILES string of the molecule is CCc1c(-c2cc(Br)ccc2C)noc1N. The van der Waals surface area contributed by atoms with Gasteiger partial charge in [0.05, 0.1) is 0 Å². The van der Waals surface area contributed by atoms with Crippen LogP contribution < -0.4 is 5.73 Å². The molecule has 4 heteroatoms. The molecule has 84 valence electrons. The molecule has 0 aliphatic carbocycles. The third-order valence-electron chi connectivity index (χ3n) is 2.63. The minimum absolute atomic E-state index is 0.414. The fourth-order valence-corrected chi connectivity index (χ4v) is 2.09. The lowest BCUT2D eigenvalue weighted by Crippen LogP contribution is -1.91. The molecule has 0 radical (unpaired) electrons. The molecule has 0 fully saturated rings. The smallest absolute Gasteiger partial charge is 0.225 e. The van der Waals surface area contributed by atoms with Gasteiger partial charge in [-0.15, -0.1) is 0 Å². The van der Waals surface area contributed by atoms with Gasteiger partial charge in [-0.25, -0.2) is 0 Å². The van der Waals surface area contributed by atoms with Gasteiger partial charge >= 0.3 is 0 Å². The molecule has 1 aromatic heterocycles. The molecule has 0 saturated heterocycles. The minimum Gasteiger partial charge on any atom is -0.367 e. The lowest BCUT2D eigenvalue weighted by atomic mass is 10.0. The fraction of sp³-hybridized carbons (Fsp3) is 0.250. The third-order valence-corrected chi connectivity index (χ3v) is 3.12. The van der Waals surface area contributed by atoms with E-state index in [2.05, 4.69) is 21.1 Å². The Balaban J connectivity index is 2.62. The molecule has 1 aromatic carbocycles. The zero-order chi connectivity index (χ0) is 11.7. The van der Waals surface area contributed by atoms with Crippen LogP contribution in [0.2, 0.25) is 0 Å². The minimum atomic E-state index is 0.414. The first-order valence-electron chi connectivity index (χ1n) is 5.14. The molecule has 0 aliphatic heterocycles. The van der Waals surface area contributed by atoms with Crippen LogP contribution in [-0.2, 0) is 6.42 Å². The highest BCUT2D eigenvalue weighted by atomic mass is 79.9. The number of hydrogen-bond acceptors (Lipinski definition) is 3. The first-order chi connectivity index (χ1) is 7.63. The first kappa shape index (κ1) is 11.2. The topological polar surface area (TPSA) is 52.0 Å². The molecule has 0 amide bonds. The molecule has 3 nitrogen and oxygen atoms in total. The van der Waals surface area contributed by atoms with Gasteiger partial charge in [-0.3, -0.25) is 0 Å². The second-order valence-electron chi connectivity index (χ2n) is 3.69. The molecule has 2 rings (SSSR count). The number of aromatic nitrogens is 1. The lowest BCUT2D eigenvalue weighted by molar-refractivity contribution is 0.438. The number of nitrogens with two attached hydrogens (primary N) is 1. The van der Waals surface area contributed by atoms with E-state index in [0.717, 1.165) is 33.3 Å². The number of halogens is 1. The molecule has 0 saturated carbocycles. The van der Waals surface area contributed by atoms with Crippen LogP contribution >= 0.6 is 15.9 Å². The number of nitrogen functional groups attached to an aromatic ring is 1. The van der Waals surface area contributed by atoms with Crippen molar-refractivity contribution in [3.05, 3.63) is 33.8 Å². The number of benzene rings is 1. The van der Waals surface area contributed by atoms with Crippen LogP contribution in [0.3, 0.4) is 0 Å². The highest BCUT2D eigenvalue weighted by molar-refractivity contribution is 9.10. The summed E-state index contributed by atoms with van der Waals surface area (Å²) in [5.74, 6) is 0.414. The Morgan fingerprint density at radius 1 is 1.44 bits per heavy atom. The van der Waals surface area contributed by atoms with Crippen molar-refractivity contribution in [2.45, 2.75) is 20.3 Å². The molecule has 2 N–H and O–H groups in total. The van der Waals surface area contributed by atoms with E-state index in [9.17, 15) is 0 Å². The number of rotatable bonds is 2. The zero-order valence-electron chi connectivity index (χ0n) is 9.25. The molecule has 1 heterocycles. The van der Waals surface area contributed by atoms with Crippen molar-refractivity contribution in [3.8, 4) is 11.3 Å². The Hall–Kier alpha value is -1.29. The summed E-state index contributed by atoms with van der Waals surface area (Å²) in [7, 11) is 0. The van der Waals surface area contributed by atoms with Crippen LogP contribution in [0.4, 0.5) is 5.88 Å². The number of hydrogen-bond donors (Lipinski definition) is 1. The van der Waals surface area contributed by atoms with E-state index in [1.165, 1.54) is 0 Å². The van der Waals surface area contributed by atoms with E-state index < -0.39 is 0 Å². The number of anilines is 1. The van der Waals surface area contributed by atoms with E-state index >= 15 is 0 Å². The van der Waals surface area contributed by atoms with Crippen LogP contribution in [0.1, 0.15) is 18.1 Å². The lowest BCUT2D eigenvalue weighted by Gasteiger charge is -2.04. The van der Waals surface area contributed by atoms with E-state index in [1.807, 2.05) is 32.0 Å². The van der Waals surface area contributed by atoms with Gasteiger partial charge in [0.1, 0.15) is 5.69 Å². The summed E-state index contributed by atoms with van der Waals surface area (Å²) in [5.41, 5.74) is 9.78. The van der Waals surface area contributed by atoms with Gasteiger partial charge in [0.2, 0.25) is 5.88 Å². The quantitative estimate of drug-likeness (QED) is 0.915. The van der Waals surface area contributed by atoms with Gasteiger partial charge < -0.3 is 10.3 Å². The molecule has 2 aromatic rings. The highest BCUT2D eigenvalue weighted by Crippen LogP contribution is 2.31. The Morgan fingerprint density at radius 3 is 2.88 bits per heavy atom. The Labute approximate surface area is 103 Å². The van der Waals surface area contributed by atoms with Gasteiger partial charge in [0.25, 0.3) is 0 Å².